The molecule has 0 fully saturated rings. The molecule has 148 valence electrons. The van der Waals surface area contributed by atoms with E-state index < -0.39 is 17.6 Å². The largest absolute Gasteiger partial charge is 0.416 e. The van der Waals surface area contributed by atoms with Gasteiger partial charge in [0.05, 0.1) is 11.3 Å². The van der Waals surface area contributed by atoms with Gasteiger partial charge in [-0.05, 0) is 42.8 Å². The Hall–Kier alpha value is -3.41. The molecule has 0 aliphatic carbocycles. The molecule has 0 aliphatic heterocycles. The minimum absolute atomic E-state index is 0.138. The van der Waals surface area contributed by atoms with Gasteiger partial charge in [0.15, 0.2) is 5.78 Å². The number of amides is 1. The zero-order chi connectivity index (χ0) is 21.0. The lowest BCUT2D eigenvalue weighted by atomic mass is 10.00. The van der Waals surface area contributed by atoms with Crippen LogP contribution in [-0.4, -0.2) is 11.7 Å². The first-order chi connectivity index (χ1) is 13.7. The summed E-state index contributed by atoms with van der Waals surface area (Å²) in [5.41, 5.74) is 1.38. The van der Waals surface area contributed by atoms with Crippen LogP contribution in [0.2, 0.25) is 0 Å². The quantitative estimate of drug-likeness (QED) is 0.562. The third-order valence-electron chi connectivity index (χ3n) is 4.37. The van der Waals surface area contributed by atoms with Crippen molar-refractivity contribution >= 4 is 17.4 Å². The summed E-state index contributed by atoms with van der Waals surface area (Å²) < 4.78 is 38.7. The van der Waals surface area contributed by atoms with Gasteiger partial charge in [-0.1, -0.05) is 48.0 Å². The lowest BCUT2D eigenvalue weighted by molar-refractivity contribution is -0.137. The number of hydrogen-bond acceptors (Lipinski definition) is 2. The number of Topliss-reactive ketones (excluding diaryl/α,β-unsaturated/α-hetero) is 1. The highest BCUT2D eigenvalue weighted by Crippen LogP contribution is 2.30. The number of alkyl halides is 3. The SMILES string of the molecule is Cc1cccc(CC(=O)c2ccccc2NC(=O)c2cccc(C(F)(F)F)c2)c1. The summed E-state index contributed by atoms with van der Waals surface area (Å²) in [6.07, 6.45) is -4.39. The molecule has 0 heterocycles. The standard InChI is InChI=1S/C23H18F3NO2/c1-15-6-4-7-16(12-15)13-21(28)19-10-2-3-11-20(19)27-22(29)17-8-5-9-18(14-17)23(24,25)26/h2-12,14H,13H2,1H3,(H,27,29). The molecule has 0 radical (unpaired) electrons. The molecule has 0 unspecified atom stereocenters. The van der Waals surface area contributed by atoms with Crippen LogP contribution in [-0.2, 0) is 12.6 Å². The monoisotopic (exact) mass is 397 g/mol. The molecule has 6 heteroatoms. The van der Waals surface area contributed by atoms with Gasteiger partial charge < -0.3 is 5.32 Å². The molecule has 0 saturated heterocycles. The highest BCUT2D eigenvalue weighted by molar-refractivity contribution is 6.10. The molecule has 0 aromatic heterocycles. The Morgan fingerprint density at radius 2 is 1.62 bits per heavy atom. The minimum atomic E-state index is -4.54. The number of aryl methyl sites for hydroxylation is 1. The predicted molar refractivity (Wildman–Crippen MR) is 105 cm³/mol. The summed E-state index contributed by atoms with van der Waals surface area (Å²) in [4.78, 5) is 25.2. The number of hydrogen-bond donors (Lipinski definition) is 1. The van der Waals surface area contributed by atoms with Crippen LogP contribution in [0.5, 0.6) is 0 Å². The van der Waals surface area contributed by atoms with E-state index in [9.17, 15) is 22.8 Å². The topological polar surface area (TPSA) is 46.2 Å². The zero-order valence-electron chi connectivity index (χ0n) is 15.6. The summed E-state index contributed by atoms with van der Waals surface area (Å²) in [7, 11) is 0. The molecular formula is C23H18F3NO2. The van der Waals surface area contributed by atoms with E-state index in [2.05, 4.69) is 5.32 Å². The van der Waals surface area contributed by atoms with E-state index in [-0.39, 0.29) is 23.5 Å². The van der Waals surface area contributed by atoms with Gasteiger partial charge in [0.2, 0.25) is 0 Å². The highest BCUT2D eigenvalue weighted by Gasteiger charge is 2.31. The van der Waals surface area contributed by atoms with Crippen LogP contribution >= 0.6 is 0 Å². The number of ketones is 1. The van der Waals surface area contributed by atoms with E-state index >= 15 is 0 Å². The Morgan fingerprint density at radius 1 is 0.897 bits per heavy atom. The van der Waals surface area contributed by atoms with Crippen LogP contribution in [0.1, 0.15) is 37.4 Å². The molecule has 0 saturated carbocycles. The first kappa shape index (κ1) is 20.3. The van der Waals surface area contributed by atoms with E-state index in [1.807, 2.05) is 31.2 Å². The molecule has 3 aromatic carbocycles. The Kier molecular flexibility index (Phi) is 5.82. The average Bonchev–Trinajstić information content (AvgIpc) is 2.68. The minimum Gasteiger partial charge on any atom is -0.321 e. The zero-order valence-corrected chi connectivity index (χ0v) is 15.6. The predicted octanol–water partition coefficient (Wildman–Crippen LogP) is 5.69. The number of para-hydroxylation sites is 1. The molecule has 1 amide bonds. The lowest BCUT2D eigenvalue weighted by Crippen LogP contribution is -2.16. The molecule has 0 spiro atoms. The number of anilines is 1. The first-order valence-corrected chi connectivity index (χ1v) is 8.90. The van der Waals surface area contributed by atoms with Gasteiger partial charge in [-0.2, -0.15) is 13.2 Å². The van der Waals surface area contributed by atoms with E-state index in [0.29, 0.717) is 5.56 Å². The maximum Gasteiger partial charge on any atom is 0.416 e. The number of benzene rings is 3. The van der Waals surface area contributed by atoms with Crippen molar-refractivity contribution in [2.75, 3.05) is 5.32 Å². The summed E-state index contributed by atoms with van der Waals surface area (Å²) in [6, 6.07) is 18.1. The van der Waals surface area contributed by atoms with Crippen LogP contribution in [0.4, 0.5) is 18.9 Å². The van der Waals surface area contributed by atoms with Crippen molar-refractivity contribution < 1.29 is 22.8 Å². The third-order valence-corrected chi connectivity index (χ3v) is 4.37. The summed E-state index contributed by atoms with van der Waals surface area (Å²) in [5.74, 6) is -0.914. The molecule has 0 aliphatic rings. The summed E-state index contributed by atoms with van der Waals surface area (Å²) in [5, 5.41) is 2.56. The Balaban J connectivity index is 1.82. The number of halogens is 3. The second-order valence-electron chi connectivity index (χ2n) is 6.67. The second-order valence-corrected chi connectivity index (χ2v) is 6.67. The van der Waals surface area contributed by atoms with Gasteiger partial charge >= 0.3 is 6.18 Å². The van der Waals surface area contributed by atoms with E-state index in [4.69, 9.17) is 0 Å². The van der Waals surface area contributed by atoms with Gasteiger partial charge in [-0.25, -0.2) is 0 Å². The fourth-order valence-corrected chi connectivity index (χ4v) is 2.97. The number of carbonyl (C=O) groups excluding carboxylic acids is 2. The van der Waals surface area contributed by atoms with Crippen LogP contribution in [0.3, 0.4) is 0 Å². The van der Waals surface area contributed by atoms with Crippen LogP contribution in [0.15, 0.2) is 72.8 Å². The smallest absolute Gasteiger partial charge is 0.321 e. The van der Waals surface area contributed by atoms with Crippen LogP contribution in [0, 0.1) is 6.92 Å². The third kappa shape index (κ3) is 5.10. The molecule has 3 rings (SSSR count). The number of rotatable bonds is 5. The van der Waals surface area contributed by atoms with Gasteiger partial charge in [-0.3, -0.25) is 9.59 Å². The fraction of sp³-hybridized carbons (Fsp3) is 0.130. The Bertz CT molecular complexity index is 1060. The number of nitrogens with one attached hydrogen (secondary N) is 1. The average molecular weight is 397 g/mol. The summed E-state index contributed by atoms with van der Waals surface area (Å²) >= 11 is 0. The van der Waals surface area contributed by atoms with Gasteiger partial charge in [0.25, 0.3) is 5.91 Å². The van der Waals surface area contributed by atoms with Crippen molar-refractivity contribution in [3.05, 3.63) is 101 Å². The molecule has 0 atom stereocenters. The fourth-order valence-electron chi connectivity index (χ4n) is 2.97. The Labute approximate surface area is 166 Å². The van der Waals surface area contributed by atoms with E-state index in [1.54, 1.807) is 24.3 Å². The van der Waals surface area contributed by atoms with Crippen LogP contribution in [0.25, 0.3) is 0 Å². The van der Waals surface area contributed by atoms with Gasteiger partial charge in [0.1, 0.15) is 0 Å². The molecule has 0 bridgehead atoms. The van der Waals surface area contributed by atoms with Crippen LogP contribution < -0.4 is 5.32 Å². The molecule has 3 nitrogen and oxygen atoms in total. The van der Waals surface area contributed by atoms with Crippen molar-refractivity contribution in [1.29, 1.82) is 0 Å². The van der Waals surface area contributed by atoms with Crippen molar-refractivity contribution in [1.82, 2.24) is 0 Å². The summed E-state index contributed by atoms with van der Waals surface area (Å²) in [6.45, 7) is 1.93. The van der Waals surface area contributed by atoms with E-state index in [1.165, 1.54) is 12.1 Å². The molecule has 29 heavy (non-hydrogen) atoms. The second kappa shape index (κ2) is 8.31. The van der Waals surface area contributed by atoms with Gasteiger partial charge in [0, 0.05) is 17.5 Å². The maximum atomic E-state index is 12.9. The van der Waals surface area contributed by atoms with Crippen molar-refractivity contribution in [2.45, 2.75) is 19.5 Å². The van der Waals surface area contributed by atoms with Crippen molar-refractivity contribution in [3.63, 3.8) is 0 Å². The maximum absolute atomic E-state index is 12.9. The first-order valence-electron chi connectivity index (χ1n) is 8.90. The highest BCUT2D eigenvalue weighted by atomic mass is 19.4. The van der Waals surface area contributed by atoms with Crippen molar-refractivity contribution in [2.24, 2.45) is 0 Å². The molecule has 1 N–H and O–H groups in total. The van der Waals surface area contributed by atoms with Gasteiger partial charge in [-0.15, -0.1) is 0 Å². The molecular weight excluding hydrogens is 379 g/mol. The molecule has 3 aromatic rings. The van der Waals surface area contributed by atoms with Crippen molar-refractivity contribution in [3.8, 4) is 0 Å². The lowest BCUT2D eigenvalue weighted by Gasteiger charge is -2.12. The van der Waals surface area contributed by atoms with E-state index in [0.717, 1.165) is 23.3 Å². The number of carbonyl (C=O) groups is 2. The normalized spacial score (nSPS) is 11.2. The Morgan fingerprint density at radius 3 is 2.34 bits per heavy atom.